The van der Waals surface area contributed by atoms with Crippen molar-refractivity contribution in [3.05, 3.63) is 65.7 Å². The predicted molar refractivity (Wildman–Crippen MR) is 170 cm³/mol. The zero-order chi connectivity index (χ0) is 36.5. The van der Waals surface area contributed by atoms with Gasteiger partial charge in [0.2, 0.25) is 23.5 Å². The number of alkyl halides is 2. The summed E-state index contributed by atoms with van der Waals surface area (Å²) < 4.78 is 36.1. The van der Waals surface area contributed by atoms with Gasteiger partial charge in [0.25, 0.3) is 0 Å². The second-order valence-electron chi connectivity index (χ2n) is 12.4. The van der Waals surface area contributed by atoms with E-state index in [1.807, 2.05) is 5.32 Å². The molecule has 1 fully saturated rings. The topological polar surface area (TPSA) is 214 Å². The number of alkyl carbamates (subject to hydrolysis) is 1. The first-order chi connectivity index (χ1) is 22.9. The summed E-state index contributed by atoms with van der Waals surface area (Å²) >= 11 is 0. The SMILES string of the molecule is CC(C)(C)OC(=O)N[C@@H](CCC(N)=O)C(=O)N1CCC[C@H]1C(=O)N[C@@H](Cc1ccccc1)C(=O)C(F)(F)C(=O)Nc1cccc(C(=O)O)c1. The van der Waals surface area contributed by atoms with E-state index in [2.05, 4.69) is 10.6 Å². The van der Waals surface area contributed by atoms with Crippen LogP contribution in [0.1, 0.15) is 62.4 Å². The second kappa shape index (κ2) is 16.1. The molecule has 264 valence electrons. The van der Waals surface area contributed by atoms with Crippen LogP contribution >= 0.6 is 0 Å². The minimum atomic E-state index is -4.69. The third kappa shape index (κ3) is 10.8. The van der Waals surface area contributed by atoms with Gasteiger partial charge in [-0.05, 0) is 63.8 Å². The van der Waals surface area contributed by atoms with E-state index < -0.39 is 77.5 Å². The minimum Gasteiger partial charge on any atom is -0.478 e. The number of anilines is 1. The van der Waals surface area contributed by atoms with Gasteiger partial charge in [0.05, 0.1) is 11.6 Å². The zero-order valence-corrected chi connectivity index (χ0v) is 27.2. The number of carboxylic acids is 1. The Hall–Kier alpha value is -5.41. The number of likely N-dealkylation sites (tertiary alicyclic amines) is 1. The summed E-state index contributed by atoms with van der Waals surface area (Å²) in [6.45, 7) is 4.84. The van der Waals surface area contributed by atoms with Crippen LogP contribution in [-0.2, 0) is 35.1 Å². The van der Waals surface area contributed by atoms with Crippen LogP contribution < -0.4 is 21.7 Å². The fraction of sp³-hybridized carbons (Fsp3) is 0.424. The van der Waals surface area contributed by atoms with Crippen molar-refractivity contribution in [1.82, 2.24) is 15.5 Å². The second-order valence-corrected chi connectivity index (χ2v) is 12.4. The Labute approximate surface area is 280 Å². The van der Waals surface area contributed by atoms with E-state index >= 15 is 8.78 Å². The van der Waals surface area contributed by atoms with Crippen LogP contribution in [0.2, 0.25) is 0 Å². The molecule has 14 nitrogen and oxygen atoms in total. The average Bonchev–Trinajstić information content (AvgIpc) is 3.52. The highest BCUT2D eigenvalue weighted by Crippen LogP contribution is 2.24. The first-order valence-corrected chi connectivity index (χ1v) is 15.4. The third-order valence-corrected chi connectivity index (χ3v) is 7.38. The van der Waals surface area contributed by atoms with Crippen molar-refractivity contribution in [2.45, 2.75) is 82.5 Å². The number of hydrogen-bond acceptors (Lipinski definition) is 8. The first-order valence-electron chi connectivity index (χ1n) is 15.4. The molecule has 2 aromatic carbocycles. The van der Waals surface area contributed by atoms with E-state index in [0.717, 1.165) is 17.0 Å². The molecule has 0 saturated carbocycles. The molecule has 0 aromatic heterocycles. The summed E-state index contributed by atoms with van der Waals surface area (Å²) in [7, 11) is 0. The summed E-state index contributed by atoms with van der Waals surface area (Å²) in [4.78, 5) is 89.6. The quantitative estimate of drug-likeness (QED) is 0.184. The zero-order valence-electron chi connectivity index (χ0n) is 27.2. The molecule has 0 unspecified atom stereocenters. The number of ether oxygens (including phenoxy) is 1. The number of hydrogen-bond donors (Lipinski definition) is 5. The van der Waals surface area contributed by atoms with Gasteiger partial charge in [0.1, 0.15) is 17.7 Å². The average molecular weight is 688 g/mol. The molecule has 0 bridgehead atoms. The maximum Gasteiger partial charge on any atom is 0.408 e. The maximum absolute atomic E-state index is 15.5. The molecule has 16 heteroatoms. The molecule has 3 atom stereocenters. The molecule has 6 N–H and O–H groups in total. The fourth-order valence-electron chi connectivity index (χ4n) is 5.09. The molecule has 3 rings (SSSR count). The summed E-state index contributed by atoms with van der Waals surface area (Å²) in [6, 6.07) is 7.83. The fourth-order valence-corrected chi connectivity index (χ4v) is 5.09. The number of aromatic carboxylic acids is 1. The van der Waals surface area contributed by atoms with Gasteiger partial charge in [0.15, 0.2) is 0 Å². The van der Waals surface area contributed by atoms with Gasteiger partial charge in [-0.2, -0.15) is 8.78 Å². The lowest BCUT2D eigenvalue weighted by atomic mass is 9.97. The van der Waals surface area contributed by atoms with Crippen molar-refractivity contribution in [1.29, 1.82) is 0 Å². The van der Waals surface area contributed by atoms with E-state index in [9.17, 15) is 33.6 Å². The number of primary amides is 1. The van der Waals surface area contributed by atoms with E-state index in [1.54, 1.807) is 39.0 Å². The van der Waals surface area contributed by atoms with Gasteiger partial charge in [-0.15, -0.1) is 0 Å². The van der Waals surface area contributed by atoms with Gasteiger partial charge in [-0.1, -0.05) is 36.4 Å². The van der Waals surface area contributed by atoms with Gasteiger partial charge in [-0.25, -0.2) is 9.59 Å². The number of Topliss-reactive ketones (excluding diaryl/α,β-unsaturated/α-hetero) is 1. The van der Waals surface area contributed by atoms with Crippen molar-refractivity contribution in [3.8, 4) is 0 Å². The van der Waals surface area contributed by atoms with Crippen LogP contribution in [0.5, 0.6) is 0 Å². The summed E-state index contributed by atoms with van der Waals surface area (Å²) in [5.41, 5.74) is 4.11. The minimum absolute atomic E-state index is 0.0330. The third-order valence-electron chi connectivity index (χ3n) is 7.38. The molecule has 1 heterocycles. The molecule has 0 radical (unpaired) electrons. The number of rotatable bonds is 14. The molecule has 49 heavy (non-hydrogen) atoms. The Balaban J connectivity index is 1.84. The normalized spacial score (nSPS) is 15.8. The molecule has 5 amide bonds. The number of nitrogens with one attached hydrogen (secondary N) is 3. The molecule has 1 saturated heterocycles. The number of ketones is 1. The highest BCUT2D eigenvalue weighted by molar-refractivity contribution is 6.15. The van der Waals surface area contributed by atoms with Crippen LogP contribution in [0.15, 0.2) is 54.6 Å². The number of halogens is 2. The van der Waals surface area contributed by atoms with Crippen LogP contribution in [0.25, 0.3) is 0 Å². The Morgan fingerprint density at radius 2 is 1.65 bits per heavy atom. The van der Waals surface area contributed by atoms with Crippen LogP contribution in [0.4, 0.5) is 19.3 Å². The van der Waals surface area contributed by atoms with E-state index in [-0.39, 0.29) is 37.1 Å². The van der Waals surface area contributed by atoms with Crippen LogP contribution in [-0.4, -0.2) is 87.7 Å². The van der Waals surface area contributed by atoms with Crippen molar-refractivity contribution >= 4 is 47.2 Å². The predicted octanol–water partition coefficient (Wildman–Crippen LogP) is 2.41. The molecule has 0 spiro atoms. The number of nitrogens with zero attached hydrogens (tertiary/aromatic N) is 1. The molecule has 2 aromatic rings. The van der Waals surface area contributed by atoms with Gasteiger partial charge >= 0.3 is 23.9 Å². The number of benzene rings is 2. The van der Waals surface area contributed by atoms with E-state index in [1.165, 1.54) is 24.3 Å². The highest BCUT2D eigenvalue weighted by atomic mass is 19.3. The first kappa shape index (κ1) is 38.0. The number of nitrogens with two attached hydrogens (primary N) is 1. The molecule has 1 aliphatic rings. The molecular weight excluding hydrogens is 648 g/mol. The largest absolute Gasteiger partial charge is 0.478 e. The van der Waals surface area contributed by atoms with Gasteiger partial charge in [0, 0.05) is 25.1 Å². The lowest BCUT2D eigenvalue weighted by Gasteiger charge is -2.30. The van der Waals surface area contributed by atoms with Crippen molar-refractivity contribution in [2.75, 3.05) is 11.9 Å². The van der Waals surface area contributed by atoms with Crippen molar-refractivity contribution in [2.24, 2.45) is 5.73 Å². The summed E-state index contributed by atoms with van der Waals surface area (Å²) in [6.07, 6.45) is -1.52. The van der Waals surface area contributed by atoms with Gasteiger partial charge < -0.3 is 36.4 Å². The van der Waals surface area contributed by atoms with Crippen LogP contribution in [0.3, 0.4) is 0 Å². The maximum atomic E-state index is 15.5. The summed E-state index contributed by atoms with van der Waals surface area (Å²) in [5.74, 6) is -12.5. The van der Waals surface area contributed by atoms with E-state index in [4.69, 9.17) is 15.6 Å². The van der Waals surface area contributed by atoms with Gasteiger partial charge in [-0.3, -0.25) is 24.0 Å². The van der Waals surface area contributed by atoms with Crippen molar-refractivity contribution in [3.63, 3.8) is 0 Å². The lowest BCUT2D eigenvalue weighted by Crippen LogP contribution is -2.58. The van der Waals surface area contributed by atoms with Crippen molar-refractivity contribution < 1.29 is 52.2 Å². The number of carboxylic acid groups (broad SMARTS) is 1. The number of amides is 5. The molecule has 1 aliphatic heterocycles. The highest BCUT2D eigenvalue weighted by Gasteiger charge is 2.51. The Kier molecular flexibility index (Phi) is 12.5. The van der Waals surface area contributed by atoms with Crippen LogP contribution in [0, 0.1) is 0 Å². The Bertz CT molecular complexity index is 1580. The Morgan fingerprint density at radius 3 is 2.27 bits per heavy atom. The molecule has 0 aliphatic carbocycles. The number of carbonyl (C=O) groups is 7. The smallest absolute Gasteiger partial charge is 0.408 e. The molecular formula is C33H39F2N5O9. The van der Waals surface area contributed by atoms with E-state index in [0.29, 0.717) is 12.0 Å². The monoisotopic (exact) mass is 687 g/mol. The lowest BCUT2D eigenvalue weighted by molar-refractivity contribution is -0.157. The standard InChI is InChI=1S/C33H39F2N5O9/c1-32(2,3)49-31(48)39-22(14-15-25(36)41)28(44)40-16-8-13-24(40)27(43)38-23(17-19-9-5-4-6-10-19)26(42)33(34,35)30(47)37-21-12-7-11-20(18-21)29(45)46/h4-7,9-12,18,22-24H,8,13-17H2,1-3H3,(H2,36,41)(H,37,47)(H,38,43)(H,39,48)(H,45,46)/t22-,23-,24-/m0/s1. The Morgan fingerprint density at radius 1 is 0.980 bits per heavy atom. The summed E-state index contributed by atoms with van der Waals surface area (Å²) in [5, 5.41) is 15.7. The number of carbonyl (C=O) groups excluding carboxylic acids is 6.